The molecule has 0 amide bonds. The number of rotatable bonds is 7. The maximum Gasteiger partial charge on any atom is 0.187 e. The highest BCUT2D eigenvalue weighted by Gasteiger charge is 2.08. The van der Waals surface area contributed by atoms with Crippen LogP contribution in [0.2, 0.25) is 0 Å². The first-order chi connectivity index (χ1) is 9.49. The lowest BCUT2D eigenvalue weighted by Crippen LogP contribution is -2.22. The van der Waals surface area contributed by atoms with Gasteiger partial charge in [-0.3, -0.25) is 4.79 Å². The van der Waals surface area contributed by atoms with Crippen LogP contribution in [0, 0.1) is 20.8 Å². The second-order valence-corrected chi connectivity index (χ2v) is 5.60. The van der Waals surface area contributed by atoms with Crippen LogP contribution in [-0.4, -0.2) is 35.5 Å². The fraction of sp³-hybridized carbons (Fsp3) is 0.438. The third-order valence-electron chi connectivity index (χ3n) is 3.29. The number of halogens is 2. The highest BCUT2D eigenvalue weighted by molar-refractivity contribution is 6.18. The molecule has 0 atom stereocenters. The van der Waals surface area contributed by atoms with Crippen molar-refractivity contribution in [2.24, 2.45) is 0 Å². The molecule has 0 unspecified atom stereocenters. The molecular formula is C16H21Cl2NO. The third kappa shape index (κ3) is 4.84. The molecule has 0 N–H and O–H groups in total. The van der Waals surface area contributed by atoms with Gasteiger partial charge in [0.1, 0.15) is 0 Å². The zero-order valence-corrected chi connectivity index (χ0v) is 13.8. The van der Waals surface area contributed by atoms with E-state index in [9.17, 15) is 4.79 Å². The second-order valence-electron chi connectivity index (χ2n) is 4.85. The molecule has 110 valence electrons. The summed E-state index contributed by atoms with van der Waals surface area (Å²) in [4.78, 5) is 14.2. The SMILES string of the molecule is Cc1cc(C)c(C(=O)/C=C/N(CCCl)CCCl)cc1C. The van der Waals surface area contributed by atoms with Crippen molar-refractivity contribution < 1.29 is 4.79 Å². The third-order valence-corrected chi connectivity index (χ3v) is 3.62. The van der Waals surface area contributed by atoms with Crippen molar-refractivity contribution in [1.82, 2.24) is 4.90 Å². The van der Waals surface area contributed by atoms with Crippen LogP contribution in [0.15, 0.2) is 24.4 Å². The first-order valence-corrected chi connectivity index (χ1v) is 7.73. The smallest absolute Gasteiger partial charge is 0.187 e. The van der Waals surface area contributed by atoms with Crippen LogP contribution in [0.1, 0.15) is 27.0 Å². The van der Waals surface area contributed by atoms with Gasteiger partial charge < -0.3 is 4.90 Å². The summed E-state index contributed by atoms with van der Waals surface area (Å²) in [6, 6.07) is 4.00. The molecule has 0 aromatic heterocycles. The molecule has 0 spiro atoms. The Labute approximate surface area is 131 Å². The summed E-state index contributed by atoms with van der Waals surface area (Å²) in [7, 11) is 0. The van der Waals surface area contributed by atoms with Crippen molar-refractivity contribution in [2.45, 2.75) is 20.8 Å². The van der Waals surface area contributed by atoms with Gasteiger partial charge in [0.15, 0.2) is 5.78 Å². The Hall–Kier alpha value is -0.990. The summed E-state index contributed by atoms with van der Waals surface area (Å²) in [5.41, 5.74) is 4.09. The van der Waals surface area contributed by atoms with Gasteiger partial charge in [0.25, 0.3) is 0 Å². The zero-order chi connectivity index (χ0) is 15.1. The normalized spacial score (nSPS) is 11.1. The van der Waals surface area contributed by atoms with Crippen LogP contribution in [0.5, 0.6) is 0 Å². The number of ketones is 1. The fourth-order valence-electron chi connectivity index (χ4n) is 1.97. The summed E-state index contributed by atoms with van der Waals surface area (Å²) < 4.78 is 0. The molecule has 0 saturated heterocycles. The van der Waals surface area contributed by atoms with Crippen molar-refractivity contribution in [2.75, 3.05) is 24.8 Å². The van der Waals surface area contributed by atoms with Crippen LogP contribution < -0.4 is 0 Å². The minimum atomic E-state index is 0.0137. The molecule has 0 saturated carbocycles. The van der Waals surface area contributed by atoms with Crippen LogP contribution in [-0.2, 0) is 0 Å². The lowest BCUT2D eigenvalue weighted by molar-refractivity contribution is 0.104. The van der Waals surface area contributed by atoms with E-state index in [1.54, 1.807) is 12.3 Å². The molecule has 4 heteroatoms. The van der Waals surface area contributed by atoms with E-state index < -0.39 is 0 Å². The van der Waals surface area contributed by atoms with Crippen molar-refractivity contribution in [1.29, 1.82) is 0 Å². The van der Waals surface area contributed by atoms with Crippen molar-refractivity contribution in [3.63, 3.8) is 0 Å². The molecule has 0 aliphatic rings. The maximum absolute atomic E-state index is 12.3. The second kappa shape index (κ2) is 8.33. The minimum absolute atomic E-state index is 0.0137. The highest BCUT2D eigenvalue weighted by atomic mass is 35.5. The molecule has 1 aromatic rings. The van der Waals surface area contributed by atoms with Gasteiger partial charge in [0.05, 0.1) is 0 Å². The van der Waals surface area contributed by atoms with Crippen LogP contribution in [0.25, 0.3) is 0 Å². The van der Waals surface area contributed by atoms with E-state index in [2.05, 4.69) is 6.92 Å². The first kappa shape index (κ1) is 17.1. The molecule has 1 rings (SSSR count). The van der Waals surface area contributed by atoms with Gasteiger partial charge in [-0.25, -0.2) is 0 Å². The molecule has 0 aliphatic carbocycles. The number of hydrogen-bond acceptors (Lipinski definition) is 2. The molecule has 0 aliphatic heterocycles. The quantitative estimate of drug-likeness (QED) is 0.429. The minimum Gasteiger partial charge on any atom is -0.375 e. The van der Waals surface area contributed by atoms with E-state index in [0.717, 1.165) is 16.7 Å². The number of hydrogen-bond donors (Lipinski definition) is 0. The number of aryl methyl sites for hydroxylation is 3. The Morgan fingerprint density at radius 1 is 1.05 bits per heavy atom. The van der Waals surface area contributed by atoms with E-state index in [1.165, 1.54) is 5.56 Å². The maximum atomic E-state index is 12.3. The molecular weight excluding hydrogens is 293 g/mol. The zero-order valence-electron chi connectivity index (χ0n) is 12.2. The predicted octanol–water partition coefficient (Wildman–Crippen LogP) is 4.09. The van der Waals surface area contributed by atoms with E-state index in [4.69, 9.17) is 23.2 Å². The van der Waals surface area contributed by atoms with E-state index >= 15 is 0 Å². The monoisotopic (exact) mass is 313 g/mol. The van der Waals surface area contributed by atoms with Gasteiger partial charge in [-0.2, -0.15) is 0 Å². The van der Waals surface area contributed by atoms with Gasteiger partial charge in [-0.05, 0) is 43.5 Å². The molecule has 0 fully saturated rings. The Kier molecular flexibility index (Phi) is 7.11. The van der Waals surface area contributed by atoms with Crippen molar-refractivity contribution in [3.05, 3.63) is 46.7 Å². The predicted molar refractivity (Wildman–Crippen MR) is 87.1 cm³/mol. The molecule has 1 aromatic carbocycles. The number of nitrogens with zero attached hydrogens (tertiary/aromatic N) is 1. The Morgan fingerprint density at radius 3 is 2.15 bits per heavy atom. The van der Waals surface area contributed by atoms with E-state index in [1.807, 2.05) is 30.9 Å². The average molecular weight is 314 g/mol. The molecule has 20 heavy (non-hydrogen) atoms. The van der Waals surface area contributed by atoms with Crippen LogP contribution in [0.4, 0.5) is 0 Å². The van der Waals surface area contributed by atoms with Crippen LogP contribution in [0.3, 0.4) is 0 Å². The van der Waals surface area contributed by atoms with Gasteiger partial charge >= 0.3 is 0 Å². The van der Waals surface area contributed by atoms with E-state index in [0.29, 0.717) is 24.8 Å². The Bertz CT molecular complexity index is 491. The summed E-state index contributed by atoms with van der Waals surface area (Å²) in [6.45, 7) is 7.40. The van der Waals surface area contributed by atoms with Crippen molar-refractivity contribution in [3.8, 4) is 0 Å². The lowest BCUT2D eigenvalue weighted by Gasteiger charge is -2.17. The highest BCUT2D eigenvalue weighted by Crippen LogP contribution is 2.16. The molecule has 0 radical (unpaired) electrons. The average Bonchev–Trinajstić information content (AvgIpc) is 2.40. The summed E-state index contributed by atoms with van der Waals surface area (Å²) in [5, 5.41) is 0. The van der Waals surface area contributed by atoms with Gasteiger partial charge in [-0.15, -0.1) is 23.2 Å². The fourth-order valence-corrected chi connectivity index (χ4v) is 2.40. The summed E-state index contributed by atoms with van der Waals surface area (Å²) in [5.74, 6) is 1.04. The van der Waals surface area contributed by atoms with Crippen molar-refractivity contribution >= 4 is 29.0 Å². The standard InChI is InChI=1S/C16H21Cl2NO/c1-12-10-14(3)15(11-13(12)2)16(20)4-7-19(8-5-17)9-6-18/h4,7,10-11H,5-6,8-9H2,1-3H3/b7-4+. The molecule has 2 nitrogen and oxygen atoms in total. The van der Waals surface area contributed by atoms with E-state index in [-0.39, 0.29) is 5.78 Å². The number of allylic oxidation sites excluding steroid dienone is 1. The van der Waals surface area contributed by atoms with Gasteiger partial charge in [0.2, 0.25) is 0 Å². The Morgan fingerprint density at radius 2 is 1.60 bits per heavy atom. The molecule has 0 bridgehead atoms. The number of alkyl halides is 2. The lowest BCUT2D eigenvalue weighted by atomic mass is 9.98. The Balaban J connectivity index is 2.87. The summed E-state index contributed by atoms with van der Waals surface area (Å²) >= 11 is 11.4. The van der Waals surface area contributed by atoms with Gasteiger partial charge in [0, 0.05) is 42.7 Å². The topological polar surface area (TPSA) is 20.3 Å². The van der Waals surface area contributed by atoms with Crippen LogP contribution >= 0.6 is 23.2 Å². The largest absolute Gasteiger partial charge is 0.375 e. The molecule has 0 heterocycles. The number of carbonyl (C=O) groups is 1. The first-order valence-electron chi connectivity index (χ1n) is 6.66. The van der Waals surface area contributed by atoms with Gasteiger partial charge in [-0.1, -0.05) is 6.07 Å². The number of carbonyl (C=O) groups excluding carboxylic acids is 1. The summed E-state index contributed by atoms with van der Waals surface area (Å²) in [6.07, 6.45) is 3.37. The number of benzene rings is 1.